The van der Waals surface area contributed by atoms with Gasteiger partial charge in [0.1, 0.15) is 0 Å². The van der Waals surface area contributed by atoms with E-state index in [1.165, 1.54) is 24.5 Å². The van der Waals surface area contributed by atoms with Crippen molar-refractivity contribution in [2.75, 3.05) is 0 Å². The molecule has 1 fully saturated rings. The Hall–Kier alpha value is -1.38. The average Bonchev–Trinajstić information content (AvgIpc) is 2.40. The van der Waals surface area contributed by atoms with E-state index in [-0.39, 0.29) is 16.6 Å². The fourth-order valence-electron chi connectivity index (χ4n) is 5.00. The normalized spacial score (nSPS) is 31.1. The number of hydrogen-bond donors (Lipinski definition) is 1. The maximum atomic E-state index is 12.5. The van der Waals surface area contributed by atoms with Gasteiger partial charge in [-0.05, 0) is 61.9 Å². The molecule has 0 unspecified atom stereocenters. The van der Waals surface area contributed by atoms with E-state index in [9.17, 15) is 9.59 Å². The molecule has 3 heteroatoms. The number of carbonyl (C=O) groups is 2. The Morgan fingerprint density at radius 2 is 1.96 bits per heavy atom. The lowest BCUT2D eigenvalue weighted by Gasteiger charge is -2.54. The van der Waals surface area contributed by atoms with Gasteiger partial charge in [0, 0.05) is 12.5 Å². The van der Waals surface area contributed by atoms with E-state index in [1.807, 2.05) is 13.8 Å². The number of hydrogen-bond acceptors (Lipinski definition) is 2. The predicted molar refractivity (Wildman–Crippen MR) is 92.2 cm³/mol. The number of rotatable bonds is 4. The monoisotopic (exact) mass is 318 g/mol. The third-order valence-electron chi connectivity index (χ3n) is 6.32. The Kier molecular flexibility index (Phi) is 4.89. The first-order chi connectivity index (χ1) is 10.6. The molecule has 128 valence electrons. The highest BCUT2D eigenvalue weighted by Crippen LogP contribution is 2.59. The number of carboxylic acids is 1. The number of fused-ring (bicyclic) bond motifs is 1. The lowest BCUT2D eigenvalue weighted by Crippen LogP contribution is -2.47. The van der Waals surface area contributed by atoms with Crippen LogP contribution in [-0.2, 0) is 9.59 Å². The minimum absolute atomic E-state index is 0.0866. The molecule has 2 rings (SSSR count). The van der Waals surface area contributed by atoms with Crippen molar-refractivity contribution < 1.29 is 14.7 Å². The van der Waals surface area contributed by atoms with Crippen LogP contribution in [0.2, 0.25) is 0 Å². The Morgan fingerprint density at radius 3 is 2.57 bits per heavy atom. The van der Waals surface area contributed by atoms with Crippen molar-refractivity contribution in [1.29, 1.82) is 0 Å². The summed E-state index contributed by atoms with van der Waals surface area (Å²) in [6, 6.07) is 0. The van der Waals surface area contributed by atoms with E-state index < -0.39 is 5.97 Å². The molecule has 0 heterocycles. The van der Waals surface area contributed by atoms with Gasteiger partial charge in [-0.1, -0.05) is 38.3 Å². The lowest BCUT2D eigenvalue weighted by molar-refractivity contribution is -0.131. The predicted octanol–water partition coefficient (Wildman–Crippen LogP) is 4.92. The summed E-state index contributed by atoms with van der Waals surface area (Å²) in [5.41, 5.74) is 3.37. The largest absolute Gasteiger partial charge is 0.478 e. The van der Waals surface area contributed by atoms with Crippen LogP contribution in [0.4, 0.5) is 0 Å². The summed E-state index contributed by atoms with van der Waals surface area (Å²) >= 11 is 0. The third-order valence-corrected chi connectivity index (χ3v) is 6.32. The summed E-state index contributed by atoms with van der Waals surface area (Å²) in [5, 5.41) is 8.88. The van der Waals surface area contributed by atoms with Crippen molar-refractivity contribution in [1.82, 2.24) is 0 Å². The second-order valence-corrected chi connectivity index (χ2v) is 8.37. The van der Waals surface area contributed by atoms with Crippen LogP contribution in [0.5, 0.6) is 0 Å². The van der Waals surface area contributed by atoms with Crippen molar-refractivity contribution >= 4 is 11.8 Å². The van der Waals surface area contributed by atoms with Gasteiger partial charge in [0.2, 0.25) is 0 Å². The zero-order valence-corrected chi connectivity index (χ0v) is 15.2. The summed E-state index contributed by atoms with van der Waals surface area (Å²) in [7, 11) is 0. The summed E-state index contributed by atoms with van der Waals surface area (Å²) in [4.78, 5) is 23.4. The van der Waals surface area contributed by atoms with Crippen LogP contribution in [-0.4, -0.2) is 16.9 Å². The highest BCUT2D eigenvalue weighted by atomic mass is 16.4. The van der Waals surface area contributed by atoms with E-state index in [4.69, 9.17) is 5.11 Å². The molecule has 0 aromatic rings. The molecular weight excluding hydrogens is 288 g/mol. The van der Waals surface area contributed by atoms with Gasteiger partial charge in [-0.3, -0.25) is 4.79 Å². The molecule has 1 saturated carbocycles. The van der Waals surface area contributed by atoms with Gasteiger partial charge in [0.05, 0.1) is 0 Å². The maximum Gasteiger partial charge on any atom is 0.328 e. The van der Waals surface area contributed by atoms with Crippen LogP contribution in [0, 0.1) is 16.7 Å². The van der Waals surface area contributed by atoms with Gasteiger partial charge in [-0.25, -0.2) is 4.79 Å². The summed E-state index contributed by atoms with van der Waals surface area (Å²) in [6.45, 7) is 10.8. The summed E-state index contributed by atoms with van der Waals surface area (Å²) in [6.07, 6.45) is 7.00. The SMILES string of the molecule is CC1=C(CC/C(C)=C/C(=O)O)[C@@]2(C)CCCC(C)(C)[C@@H]2CC1=O. The zero-order chi connectivity index (χ0) is 17.4. The van der Waals surface area contributed by atoms with Crippen LogP contribution in [0.1, 0.15) is 73.1 Å². The third kappa shape index (κ3) is 3.44. The average molecular weight is 318 g/mol. The molecule has 0 aliphatic heterocycles. The number of aliphatic carboxylic acids is 1. The summed E-state index contributed by atoms with van der Waals surface area (Å²) in [5.74, 6) is -0.202. The zero-order valence-electron chi connectivity index (χ0n) is 15.2. The number of Topliss-reactive ketones (excluding diaryl/α,β-unsaturated/α-hetero) is 1. The van der Waals surface area contributed by atoms with E-state index >= 15 is 0 Å². The first kappa shape index (κ1) is 18.0. The number of carboxylic acid groups (broad SMARTS) is 1. The number of carbonyl (C=O) groups excluding carboxylic acids is 1. The highest BCUT2D eigenvalue weighted by Gasteiger charge is 2.51. The first-order valence-electron chi connectivity index (χ1n) is 8.71. The molecule has 2 aliphatic carbocycles. The number of allylic oxidation sites excluding steroid dienone is 3. The van der Waals surface area contributed by atoms with Gasteiger partial charge in [-0.15, -0.1) is 0 Å². The first-order valence-corrected chi connectivity index (χ1v) is 8.71. The maximum absolute atomic E-state index is 12.5. The van der Waals surface area contributed by atoms with Crippen molar-refractivity contribution in [3.05, 3.63) is 22.8 Å². The minimum Gasteiger partial charge on any atom is -0.478 e. The topological polar surface area (TPSA) is 54.4 Å². The Morgan fingerprint density at radius 1 is 1.30 bits per heavy atom. The Labute approximate surface area is 139 Å². The standard InChI is InChI=1S/C20H30O3/c1-13(11-18(22)23)7-8-15-14(2)16(21)12-17-19(3,4)9-6-10-20(15,17)5/h11,17H,6-10,12H2,1-5H3,(H,22,23)/b13-11+/t17-,20+/m0/s1. The minimum atomic E-state index is -0.893. The van der Waals surface area contributed by atoms with E-state index in [2.05, 4.69) is 20.8 Å². The number of ketones is 1. The molecular formula is C20H30O3. The summed E-state index contributed by atoms with van der Waals surface area (Å²) < 4.78 is 0. The fraction of sp³-hybridized carbons (Fsp3) is 0.700. The van der Waals surface area contributed by atoms with Gasteiger partial charge in [0.25, 0.3) is 0 Å². The Bertz CT molecular complexity index is 580. The van der Waals surface area contributed by atoms with Gasteiger partial charge >= 0.3 is 5.97 Å². The molecule has 0 spiro atoms. The van der Waals surface area contributed by atoms with Crippen LogP contribution < -0.4 is 0 Å². The van der Waals surface area contributed by atoms with Crippen LogP contribution in [0.15, 0.2) is 22.8 Å². The van der Waals surface area contributed by atoms with Gasteiger partial charge in [-0.2, -0.15) is 0 Å². The molecule has 0 saturated heterocycles. The van der Waals surface area contributed by atoms with Gasteiger partial charge < -0.3 is 5.11 Å². The molecule has 0 bridgehead atoms. The van der Waals surface area contributed by atoms with Gasteiger partial charge in [0.15, 0.2) is 5.78 Å². The quantitative estimate of drug-likeness (QED) is 0.749. The fourth-order valence-corrected chi connectivity index (χ4v) is 5.00. The lowest BCUT2D eigenvalue weighted by atomic mass is 9.49. The molecule has 2 atom stereocenters. The molecule has 2 aliphatic rings. The smallest absolute Gasteiger partial charge is 0.328 e. The molecule has 0 amide bonds. The Balaban J connectivity index is 2.33. The molecule has 23 heavy (non-hydrogen) atoms. The molecule has 0 radical (unpaired) electrons. The van der Waals surface area contributed by atoms with Crippen molar-refractivity contribution in [3.63, 3.8) is 0 Å². The van der Waals surface area contributed by atoms with E-state index in [1.54, 1.807) is 0 Å². The van der Waals surface area contributed by atoms with Crippen LogP contribution in [0.3, 0.4) is 0 Å². The van der Waals surface area contributed by atoms with Crippen LogP contribution >= 0.6 is 0 Å². The molecule has 3 nitrogen and oxygen atoms in total. The second kappa shape index (κ2) is 6.26. The molecule has 0 aromatic heterocycles. The van der Waals surface area contributed by atoms with Crippen molar-refractivity contribution in [2.24, 2.45) is 16.7 Å². The highest BCUT2D eigenvalue weighted by molar-refractivity contribution is 5.97. The van der Waals surface area contributed by atoms with Crippen molar-refractivity contribution in [3.8, 4) is 0 Å². The van der Waals surface area contributed by atoms with E-state index in [0.717, 1.165) is 30.4 Å². The molecule has 1 N–H and O–H groups in total. The second-order valence-electron chi connectivity index (χ2n) is 8.37. The van der Waals surface area contributed by atoms with Crippen molar-refractivity contribution in [2.45, 2.75) is 73.1 Å². The van der Waals surface area contributed by atoms with E-state index in [0.29, 0.717) is 12.3 Å². The van der Waals surface area contributed by atoms with Crippen LogP contribution in [0.25, 0.3) is 0 Å². The molecule has 0 aromatic carbocycles.